The average molecular weight is 301 g/mol. The monoisotopic (exact) mass is 300 g/mol. The first-order chi connectivity index (χ1) is 8.19. The molecule has 0 N–H and O–H groups in total. The van der Waals surface area contributed by atoms with Crippen molar-refractivity contribution < 1.29 is 9.47 Å². The van der Waals surface area contributed by atoms with Crippen molar-refractivity contribution in [2.75, 3.05) is 7.11 Å². The van der Waals surface area contributed by atoms with E-state index in [0.29, 0.717) is 11.9 Å². The maximum Gasteiger partial charge on any atom is 0.320 e. The number of hydrogen-bond acceptors (Lipinski definition) is 4. The van der Waals surface area contributed by atoms with E-state index < -0.39 is 0 Å². The van der Waals surface area contributed by atoms with Gasteiger partial charge in [-0.1, -0.05) is 6.92 Å². The fourth-order valence-corrected chi connectivity index (χ4v) is 2.39. The van der Waals surface area contributed by atoms with Gasteiger partial charge in [0.15, 0.2) is 0 Å². The maximum absolute atomic E-state index is 5.78. The molecule has 0 aromatic carbocycles. The Morgan fingerprint density at radius 3 is 2.65 bits per heavy atom. The third-order valence-corrected chi connectivity index (χ3v) is 3.66. The van der Waals surface area contributed by atoms with Gasteiger partial charge in [0.05, 0.1) is 17.8 Å². The van der Waals surface area contributed by atoms with Crippen LogP contribution in [0.15, 0.2) is 10.7 Å². The van der Waals surface area contributed by atoms with Gasteiger partial charge in [-0.3, -0.25) is 0 Å². The predicted octanol–water partition coefficient (Wildman–Crippen LogP) is 3.21. The number of nitrogens with zero attached hydrogens (tertiary/aromatic N) is 2. The molecule has 0 saturated heterocycles. The van der Waals surface area contributed by atoms with E-state index in [1.165, 1.54) is 12.8 Å². The van der Waals surface area contributed by atoms with E-state index in [1.807, 2.05) is 0 Å². The summed E-state index contributed by atoms with van der Waals surface area (Å²) in [4.78, 5) is 8.34. The maximum atomic E-state index is 5.78. The van der Waals surface area contributed by atoms with Crippen molar-refractivity contribution in [2.45, 2.75) is 38.7 Å². The smallest absolute Gasteiger partial charge is 0.320 e. The molecule has 2 rings (SSSR count). The molecule has 5 heteroatoms. The Balaban J connectivity index is 1.99. The van der Waals surface area contributed by atoms with Crippen LogP contribution in [-0.4, -0.2) is 23.2 Å². The van der Waals surface area contributed by atoms with Crippen molar-refractivity contribution in [3.05, 3.63) is 10.7 Å². The van der Waals surface area contributed by atoms with Gasteiger partial charge >= 0.3 is 6.01 Å². The molecule has 0 aliphatic heterocycles. The Morgan fingerprint density at radius 2 is 2.00 bits per heavy atom. The van der Waals surface area contributed by atoms with Gasteiger partial charge < -0.3 is 9.47 Å². The fourth-order valence-electron chi connectivity index (χ4n) is 2.03. The first kappa shape index (κ1) is 12.6. The Kier molecular flexibility index (Phi) is 4.20. The normalized spacial score (nSPS) is 24.4. The molecular weight excluding hydrogens is 284 g/mol. The van der Waals surface area contributed by atoms with Crippen molar-refractivity contribution in [3.63, 3.8) is 0 Å². The predicted molar refractivity (Wildman–Crippen MR) is 68.3 cm³/mol. The summed E-state index contributed by atoms with van der Waals surface area (Å²) in [5.74, 6) is 1.33. The highest BCUT2D eigenvalue weighted by atomic mass is 79.9. The molecule has 1 aromatic heterocycles. The summed E-state index contributed by atoms with van der Waals surface area (Å²) in [6, 6.07) is 0.407. The summed E-state index contributed by atoms with van der Waals surface area (Å²) in [6.45, 7) is 2.29. The molecule has 0 unspecified atom stereocenters. The molecule has 1 aliphatic carbocycles. The van der Waals surface area contributed by atoms with Crippen LogP contribution in [0.3, 0.4) is 0 Å². The zero-order valence-electron chi connectivity index (χ0n) is 10.1. The van der Waals surface area contributed by atoms with E-state index in [-0.39, 0.29) is 6.10 Å². The van der Waals surface area contributed by atoms with Gasteiger partial charge in [-0.25, -0.2) is 4.98 Å². The number of aromatic nitrogens is 2. The topological polar surface area (TPSA) is 44.2 Å². The third-order valence-electron chi connectivity index (χ3n) is 3.12. The minimum atomic E-state index is 0.247. The SMILES string of the molecule is COc1nc(OC2CCC(C)CC2)ncc1Br. The molecule has 1 fully saturated rings. The van der Waals surface area contributed by atoms with Crippen LogP contribution < -0.4 is 9.47 Å². The second-order valence-electron chi connectivity index (χ2n) is 4.51. The number of rotatable bonds is 3. The number of hydrogen-bond donors (Lipinski definition) is 0. The van der Waals surface area contributed by atoms with Crippen LogP contribution in [0.25, 0.3) is 0 Å². The molecule has 0 spiro atoms. The van der Waals surface area contributed by atoms with Crippen LogP contribution in [0.5, 0.6) is 11.9 Å². The molecule has 17 heavy (non-hydrogen) atoms. The average Bonchev–Trinajstić information content (AvgIpc) is 2.34. The quantitative estimate of drug-likeness (QED) is 0.860. The molecule has 1 aliphatic rings. The van der Waals surface area contributed by atoms with Crippen molar-refractivity contribution in [1.82, 2.24) is 9.97 Å². The van der Waals surface area contributed by atoms with Crippen molar-refractivity contribution in [3.8, 4) is 11.9 Å². The highest BCUT2D eigenvalue weighted by molar-refractivity contribution is 9.10. The molecule has 1 saturated carbocycles. The molecule has 1 heterocycles. The lowest BCUT2D eigenvalue weighted by Gasteiger charge is -2.25. The lowest BCUT2D eigenvalue weighted by molar-refractivity contribution is 0.123. The zero-order chi connectivity index (χ0) is 12.3. The second-order valence-corrected chi connectivity index (χ2v) is 5.36. The van der Waals surface area contributed by atoms with Crippen LogP contribution in [0.4, 0.5) is 0 Å². The first-order valence-corrected chi connectivity index (χ1v) is 6.71. The number of halogens is 1. The summed E-state index contributed by atoms with van der Waals surface area (Å²) >= 11 is 3.32. The lowest BCUT2D eigenvalue weighted by Crippen LogP contribution is -2.23. The van der Waals surface area contributed by atoms with Gasteiger partial charge in [0.1, 0.15) is 6.10 Å². The van der Waals surface area contributed by atoms with Gasteiger partial charge in [-0.2, -0.15) is 4.98 Å². The molecule has 0 radical (unpaired) electrons. The summed E-state index contributed by atoms with van der Waals surface area (Å²) in [5, 5.41) is 0. The third kappa shape index (κ3) is 3.31. The molecular formula is C12H17BrN2O2. The molecule has 1 aromatic rings. The van der Waals surface area contributed by atoms with Crippen LogP contribution in [0.1, 0.15) is 32.6 Å². The highest BCUT2D eigenvalue weighted by Crippen LogP contribution is 2.28. The Hall–Kier alpha value is -0.840. The van der Waals surface area contributed by atoms with Crippen molar-refractivity contribution >= 4 is 15.9 Å². The van der Waals surface area contributed by atoms with Gasteiger partial charge in [0.2, 0.25) is 5.88 Å². The lowest BCUT2D eigenvalue weighted by atomic mass is 9.89. The second kappa shape index (κ2) is 5.67. The van der Waals surface area contributed by atoms with Crippen LogP contribution in [0, 0.1) is 5.92 Å². The summed E-state index contributed by atoms with van der Waals surface area (Å²) in [6.07, 6.45) is 6.52. The van der Waals surface area contributed by atoms with Crippen molar-refractivity contribution in [2.24, 2.45) is 5.92 Å². The Labute approximate surface area is 110 Å². The molecule has 0 amide bonds. The molecule has 94 valence electrons. The van der Waals surface area contributed by atoms with E-state index in [0.717, 1.165) is 23.2 Å². The molecule has 0 atom stereocenters. The van der Waals surface area contributed by atoms with Crippen molar-refractivity contribution in [1.29, 1.82) is 0 Å². The minimum absolute atomic E-state index is 0.247. The highest BCUT2D eigenvalue weighted by Gasteiger charge is 2.20. The van der Waals surface area contributed by atoms with Crippen LogP contribution in [-0.2, 0) is 0 Å². The molecule has 4 nitrogen and oxygen atoms in total. The van der Waals surface area contributed by atoms with E-state index in [9.17, 15) is 0 Å². The van der Waals surface area contributed by atoms with Crippen LogP contribution >= 0.6 is 15.9 Å². The Bertz CT molecular complexity index is 379. The fraction of sp³-hybridized carbons (Fsp3) is 0.667. The van der Waals surface area contributed by atoms with Gasteiger partial charge in [-0.15, -0.1) is 0 Å². The van der Waals surface area contributed by atoms with E-state index in [2.05, 4.69) is 32.8 Å². The first-order valence-electron chi connectivity index (χ1n) is 5.92. The minimum Gasteiger partial charge on any atom is -0.480 e. The summed E-state index contributed by atoms with van der Waals surface area (Å²) < 4.78 is 11.6. The zero-order valence-corrected chi connectivity index (χ0v) is 11.7. The standard InChI is InChI=1S/C12H17BrN2O2/c1-8-3-5-9(6-4-8)17-12-14-7-10(13)11(15-12)16-2/h7-9H,3-6H2,1-2H3. The summed E-state index contributed by atoms with van der Waals surface area (Å²) in [7, 11) is 1.58. The largest absolute Gasteiger partial charge is 0.480 e. The number of ether oxygens (including phenoxy) is 2. The van der Waals surface area contributed by atoms with E-state index in [1.54, 1.807) is 13.3 Å². The molecule has 0 bridgehead atoms. The number of methoxy groups -OCH3 is 1. The van der Waals surface area contributed by atoms with E-state index >= 15 is 0 Å². The van der Waals surface area contributed by atoms with Gasteiger partial charge in [0, 0.05) is 0 Å². The van der Waals surface area contributed by atoms with Gasteiger partial charge in [0.25, 0.3) is 0 Å². The van der Waals surface area contributed by atoms with E-state index in [4.69, 9.17) is 9.47 Å². The Morgan fingerprint density at radius 1 is 1.29 bits per heavy atom. The summed E-state index contributed by atoms with van der Waals surface area (Å²) in [5.41, 5.74) is 0. The van der Waals surface area contributed by atoms with Crippen LogP contribution in [0.2, 0.25) is 0 Å². The van der Waals surface area contributed by atoms with Gasteiger partial charge in [-0.05, 0) is 47.5 Å².